The smallest absolute Gasteiger partial charge is 0.271 e. The summed E-state index contributed by atoms with van der Waals surface area (Å²) in [5.74, 6) is 1.87. The summed E-state index contributed by atoms with van der Waals surface area (Å²) in [4.78, 5) is 14.3. The van der Waals surface area contributed by atoms with Crippen LogP contribution in [0.15, 0.2) is 6.07 Å². The lowest BCUT2D eigenvalue weighted by atomic mass is 10.2. The van der Waals surface area contributed by atoms with E-state index in [1.807, 2.05) is 4.90 Å². The van der Waals surface area contributed by atoms with Gasteiger partial charge in [0, 0.05) is 19.2 Å². The van der Waals surface area contributed by atoms with Gasteiger partial charge in [-0.25, -0.2) is 0 Å². The monoisotopic (exact) mass is 234 g/mol. The van der Waals surface area contributed by atoms with E-state index in [4.69, 9.17) is 5.73 Å². The van der Waals surface area contributed by atoms with Crippen molar-refractivity contribution >= 4 is 11.7 Å². The average molecular weight is 234 g/mol. The fourth-order valence-electron chi connectivity index (χ4n) is 2.08. The van der Waals surface area contributed by atoms with Gasteiger partial charge in [0.05, 0.1) is 0 Å². The predicted molar refractivity (Wildman–Crippen MR) is 64.4 cm³/mol. The van der Waals surface area contributed by atoms with Crippen LogP contribution in [0.3, 0.4) is 0 Å². The van der Waals surface area contributed by atoms with Crippen molar-refractivity contribution in [2.45, 2.75) is 25.7 Å². The Labute approximate surface area is 100 Å². The molecule has 0 radical (unpaired) electrons. The first kappa shape index (κ1) is 10.6. The molecule has 92 valence electrons. The van der Waals surface area contributed by atoms with Crippen molar-refractivity contribution in [1.29, 1.82) is 0 Å². The van der Waals surface area contributed by atoms with Gasteiger partial charge >= 0.3 is 0 Å². The van der Waals surface area contributed by atoms with Crippen molar-refractivity contribution in [3.63, 3.8) is 0 Å². The van der Waals surface area contributed by atoms with Gasteiger partial charge in [0.25, 0.3) is 5.91 Å². The van der Waals surface area contributed by atoms with Crippen LogP contribution in [0.25, 0.3) is 0 Å². The lowest BCUT2D eigenvalue weighted by Gasteiger charge is -2.21. The van der Waals surface area contributed by atoms with E-state index < -0.39 is 0 Å². The highest BCUT2D eigenvalue weighted by Gasteiger charge is 2.32. The molecule has 5 nitrogen and oxygen atoms in total. The van der Waals surface area contributed by atoms with Crippen LogP contribution in [0.4, 0.5) is 5.82 Å². The van der Waals surface area contributed by atoms with Gasteiger partial charge in [0.1, 0.15) is 11.5 Å². The molecule has 2 aliphatic carbocycles. The molecule has 5 heteroatoms. The summed E-state index contributed by atoms with van der Waals surface area (Å²) in [6.45, 7) is 1.79. The number of nitrogens with one attached hydrogen (secondary N) is 1. The molecule has 0 saturated heterocycles. The molecule has 0 bridgehead atoms. The quantitative estimate of drug-likeness (QED) is 0.805. The molecule has 0 spiro atoms. The maximum Gasteiger partial charge on any atom is 0.271 e. The summed E-state index contributed by atoms with van der Waals surface area (Å²) >= 11 is 0. The first-order chi connectivity index (χ1) is 8.22. The van der Waals surface area contributed by atoms with Crippen LogP contribution in [0, 0.1) is 11.8 Å². The van der Waals surface area contributed by atoms with Crippen LogP contribution in [-0.2, 0) is 0 Å². The average Bonchev–Trinajstić information content (AvgIpc) is 3.21. The predicted octanol–water partition coefficient (Wildman–Crippen LogP) is 1.25. The topological polar surface area (TPSA) is 75.0 Å². The highest BCUT2D eigenvalue weighted by atomic mass is 16.2. The zero-order valence-corrected chi connectivity index (χ0v) is 9.85. The number of hydrogen-bond donors (Lipinski definition) is 2. The van der Waals surface area contributed by atoms with E-state index in [1.54, 1.807) is 6.07 Å². The van der Waals surface area contributed by atoms with Gasteiger partial charge in [0.2, 0.25) is 0 Å². The molecule has 2 saturated carbocycles. The minimum Gasteiger partial charge on any atom is -0.382 e. The van der Waals surface area contributed by atoms with E-state index in [0.29, 0.717) is 11.5 Å². The van der Waals surface area contributed by atoms with Crippen LogP contribution < -0.4 is 5.73 Å². The summed E-state index contributed by atoms with van der Waals surface area (Å²) < 4.78 is 0. The third-order valence-electron chi connectivity index (χ3n) is 3.47. The molecule has 1 amide bonds. The van der Waals surface area contributed by atoms with Crippen LogP contribution >= 0.6 is 0 Å². The van der Waals surface area contributed by atoms with Crippen LogP contribution in [-0.4, -0.2) is 34.1 Å². The Hall–Kier alpha value is -1.52. The molecule has 3 rings (SSSR count). The number of anilines is 1. The van der Waals surface area contributed by atoms with Crippen molar-refractivity contribution in [2.24, 2.45) is 11.8 Å². The molecule has 1 aromatic rings. The van der Waals surface area contributed by atoms with Gasteiger partial charge in [-0.1, -0.05) is 0 Å². The second kappa shape index (κ2) is 4.05. The molecule has 2 fully saturated rings. The standard InChI is InChI=1S/C12H18N4O/c13-11-5-10(14-15-11)12(17)16(6-8-1-2-8)7-9-3-4-9/h5,8-9H,1-4,6-7H2,(H3,13,14,15). The van der Waals surface area contributed by atoms with E-state index in [0.717, 1.165) is 24.9 Å². The number of nitrogens with two attached hydrogens (primary N) is 1. The number of H-pyrrole nitrogens is 1. The fourth-order valence-corrected chi connectivity index (χ4v) is 2.08. The molecule has 0 atom stereocenters. The third kappa shape index (κ3) is 2.60. The van der Waals surface area contributed by atoms with E-state index in [9.17, 15) is 4.79 Å². The van der Waals surface area contributed by atoms with Crippen LogP contribution in [0.5, 0.6) is 0 Å². The van der Waals surface area contributed by atoms with Gasteiger partial charge < -0.3 is 10.6 Å². The van der Waals surface area contributed by atoms with Gasteiger partial charge in [0.15, 0.2) is 0 Å². The van der Waals surface area contributed by atoms with Crippen molar-refractivity contribution < 1.29 is 4.79 Å². The lowest BCUT2D eigenvalue weighted by molar-refractivity contribution is 0.0733. The van der Waals surface area contributed by atoms with E-state index in [-0.39, 0.29) is 5.91 Å². The zero-order valence-electron chi connectivity index (χ0n) is 9.85. The number of carbonyl (C=O) groups is 1. The third-order valence-corrected chi connectivity index (χ3v) is 3.47. The summed E-state index contributed by atoms with van der Waals surface area (Å²) in [6, 6.07) is 1.62. The minimum atomic E-state index is 0.0491. The van der Waals surface area contributed by atoms with Crippen LogP contribution in [0.2, 0.25) is 0 Å². The second-order valence-corrected chi connectivity index (χ2v) is 5.30. The summed E-state index contributed by atoms with van der Waals surface area (Å²) in [7, 11) is 0. The lowest BCUT2D eigenvalue weighted by Crippen LogP contribution is -2.35. The molecular weight excluding hydrogens is 216 g/mol. The molecule has 1 aromatic heterocycles. The minimum absolute atomic E-state index is 0.0491. The van der Waals surface area contributed by atoms with Crippen molar-refractivity contribution in [2.75, 3.05) is 18.8 Å². The molecule has 3 N–H and O–H groups in total. The maximum absolute atomic E-state index is 12.3. The summed E-state index contributed by atoms with van der Waals surface area (Å²) in [5.41, 5.74) is 6.05. The molecule has 2 aliphatic rings. The number of hydrogen-bond acceptors (Lipinski definition) is 3. The second-order valence-electron chi connectivity index (χ2n) is 5.30. The Bertz CT molecular complexity index is 406. The number of aromatic nitrogens is 2. The zero-order chi connectivity index (χ0) is 11.8. The first-order valence-electron chi connectivity index (χ1n) is 6.32. The van der Waals surface area contributed by atoms with Gasteiger partial charge in [-0.05, 0) is 37.5 Å². The van der Waals surface area contributed by atoms with E-state index in [2.05, 4.69) is 10.2 Å². The number of rotatable bonds is 5. The summed E-state index contributed by atoms with van der Waals surface area (Å²) in [5, 5.41) is 6.52. The van der Waals surface area contributed by atoms with Crippen molar-refractivity contribution in [1.82, 2.24) is 15.1 Å². The number of nitrogen functional groups attached to an aromatic ring is 1. The van der Waals surface area contributed by atoms with Crippen LogP contribution in [0.1, 0.15) is 36.2 Å². The van der Waals surface area contributed by atoms with Gasteiger partial charge in [-0.3, -0.25) is 9.89 Å². The normalized spacial score (nSPS) is 19.3. The molecule has 0 aromatic carbocycles. The Morgan fingerprint density at radius 2 is 1.94 bits per heavy atom. The van der Waals surface area contributed by atoms with Gasteiger partial charge in [-0.2, -0.15) is 5.10 Å². The Kier molecular flexibility index (Phi) is 2.53. The molecule has 0 unspecified atom stereocenters. The molecule has 0 aliphatic heterocycles. The molecular formula is C12H18N4O. The number of amides is 1. The van der Waals surface area contributed by atoms with E-state index >= 15 is 0 Å². The summed E-state index contributed by atoms with van der Waals surface area (Å²) in [6.07, 6.45) is 5.05. The van der Waals surface area contributed by atoms with Crippen molar-refractivity contribution in [3.05, 3.63) is 11.8 Å². The number of nitrogens with zero attached hydrogens (tertiary/aromatic N) is 2. The van der Waals surface area contributed by atoms with Gasteiger partial charge in [-0.15, -0.1) is 0 Å². The highest BCUT2D eigenvalue weighted by molar-refractivity contribution is 5.93. The number of carbonyl (C=O) groups excluding carboxylic acids is 1. The number of aromatic amines is 1. The maximum atomic E-state index is 12.3. The van der Waals surface area contributed by atoms with E-state index in [1.165, 1.54) is 25.7 Å². The fraction of sp³-hybridized carbons (Fsp3) is 0.667. The SMILES string of the molecule is Nc1cc(C(=O)N(CC2CC2)CC2CC2)[nH]n1. The molecule has 17 heavy (non-hydrogen) atoms. The van der Waals surface area contributed by atoms with Crippen molar-refractivity contribution in [3.8, 4) is 0 Å². The Morgan fingerprint density at radius 3 is 2.35 bits per heavy atom. The Morgan fingerprint density at radius 1 is 1.35 bits per heavy atom. The highest BCUT2D eigenvalue weighted by Crippen LogP contribution is 2.34. The Balaban J connectivity index is 1.69. The largest absolute Gasteiger partial charge is 0.382 e. The first-order valence-corrected chi connectivity index (χ1v) is 6.32. The molecule has 1 heterocycles.